The van der Waals surface area contributed by atoms with E-state index in [-0.39, 0.29) is 30.3 Å². The van der Waals surface area contributed by atoms with Crippen molar-refractivity contribution in [3.05, 3.63) is 47.3 Å². The minimum atomic E-state index is -0.762. The lowest BCUT2D eigenvalue weighted by molar-refractivity contribution is -0.127. The third-order valence-electron chi connectivity index (χ3n) is 5.22. The average Bonchev–Trinajstić information content (AvgIpc) is 3.33. The lowest BCUT2D eigenvalue weighted by atomic mass is 9.98. The third kappa shape index (κ3) is 5.02. The van der Waals surface area contributed by atoms with E-state index >= 15 is 0 Å². The van der Waals surface area contributed by atoms with Gasteiger partial charge in [0.1, 0.15) is 5.69 Å². The van der Waals surface area contributed by atoms with Gasteiger partial charge >= 0.3 is 5.97 Å². The molecule has 8 heteroatoms. The normalized spacial score (nSPS) is 13.4. The summed E-state index contributed by atoms with van der Waals surface area (Å²) in [6.45, 7) is 5.14. The van der Waals surface area contributed by atoms with Crippen LogP contribution in [0.2, 0.25) is 0 Å². The van der Waals surface area contributed by atoms with Gasteiger partial charge in [-0.05, 0) is 32.3 Å². The second kappa shape index (κ2) is 10.1. The predicted molar refractivity (Wildman–Crippen MR) is 115 cm³/mol. The molecule has 2 heterocycles. The van der Waals surface area contributed by atoms with Gasteiger partial charge in [0, 0.05) is 37.3 Å². The minimum absolute atomic E-state index is 0.0546. The lowest BCUT2D eigenvalue weighted by Gasteiger charge is -2.15. The molecule has 0 unspecified atom stereocenters. The number of ketones is 1. The molecule has 1 saturated heterocycles. The number of esters is 1. The van der Waals surface area contributed by atoms with E-state index in [1.54, 1.807) is 43.0 Å². The van der Waals surface area contributed by atoms with E-state index in [1.165, 1.54) is 0 Å². The Kier molecular flexibility index (Phi) is 7.23. The molecule has 2 aromatic rings. The number of aromatic nitrogens is 1. The van der Waals surface area contributed by atoms with Gasteiger partial charge in [-0.2, -0.15) is 0 Å². The van der Waals surface area contributed by atoms with Crippen LogP contribution in [-0.2, 0) is 14.3 Å². The number of likely N-dealkylation sites (tertiary alicyclic amines) is 1. The number of nitrogens with zero attached hydrogens (tertiary/aromatic N) is 1. The Labute approximate surface area is 181 Å². The number of nitrogens with one attached hydrogen (secondary N) is 2. The molecule has 0 saturated carbocycles. The highest BCUT2D eigenvalue weighted by Gasteiger charge is 2.29. The van der Waals surface area contributed by atoms with Crippen LogP contribution in [0.3, 0.4) is 0 Å². The highest BCUT2D eigenvalue weighted by molar-refractivity contribution is 6.43. The Morgan fingerprint density at radius 1 is 1.19 bits per heavy atom. The van der Waals surface area contributed by atoms with E-state index in [0.717, 1.165) is 13.0 Å². The first-order valence-electron chi connectivity index (χ1n) is 10.5. The van der Waals surface area contributed by atoms with E-state index in [2.05, 4.69) is 10.3 Å². The maximum atomic E-state index is 12.9. The van der Waals surface area contributed by atoms with Gasteiger partial charge in [0.25, 0.3) is 11.7 Å². The van der Waals surface area contributed by atoms with Crippen molar-refractivity contribution in [2.24, 2.45) is 0 Å². The number of aryl methyl sites for hydroxylation is 1. The molecule has 2 amide bonds. The standard InChI is InChI=1S/C23H27N3O5/c1-3-31-23(30)18-15(2)25-20(19(18)16-9-5-4-6-10-16)21(28)22(29)24-12-8-14-26-13-7-11-17(26)27/h4-6,9-10,25H,3,7-8,11-14H2,1-2H3,(H,24,29). The van der Waals surface area contributed by atoms with Crippen LogP contribution >= 0.6 is 0 Å². The summed E-state index contributed by atoms with van der Waals surface area (Å²) in [5.41, 5.74) is 1.76. The van der Waals surface area contributed by atoms with E-state index in [1.807, 2.05) is 6.07 Å². The zero-order valence-electron chi connectivity index (χ0n) is 17.8. The number of ether oxygens (including phenoxy) is 1. The Morgan fingerprint density at radius 3 is 2.58 bits per heavy atom. The second-order valence-electron chi connectivity index (χ2n) is 7.38. The van der Waals surface area contributed by atoms with E-state index in [0.29, 0.717) is 36.2 Å². The fraction of sp³-hybridized carbons (Fsp3) is 0.391. The summed E-state index contributed by atoms with van der Waals surface area (Å²) in [6, 6.07) is 8.95. The van der Waals surface area contributed by atoms with Gasteiger partial charge < -0.3 is 19.9 Å². The van der Waals surface area contributed by atoms with Crippen molar-refractivity contribution in [3.63, 3.8) is 0 Å². The summed E-state index contributed by atoms with van der Waals surface area (Å²) < 4.78 is 5.16. The van der Waals surface area contributed by atoms with Crippen LogP contribution in [0.5, 0.6) is 0 Å². The smallest absolute Gasteiger partial charge is 0.340 e. The quantitative estimate of drug-likeness (QED) is 0.278. The van der Waals surface area contributed by atoms with Crippen LogP contribution in [0.25, 0.3) is 11.1 Å². The van der Waals surface area contributed by atoms with E-state index in [4.69, 9.17) is 4.74 Å². The van der Waals surface area contributed by atoms with E-state index < -0.39 is 17.7 Å². The number of rotatable bonds is 9. The van der Waals surface area contributed by atoms with Gasteiger partial charge in [0.15, 0.2) is 0 Å². The van der Waals surface area contributed by atoms with Crippen molar-refractivity contribution in [2.45, 2.75) is 33.1 Å². The monoisotopic (exact) mass is 425 g/mol. The highest BCUT2D eigenvalue weighted by Crippen LogP contribution is 2.31. The molecule has 0 bridgehead atoms. The van der Waals surface area contributed by atoms with E-state index in [9.17, 15) is 19.2 Å². The van der Waals surface area contributed by atoms with Crippen molar-refractivity contribution in [3.8, 4) is 11.1 Å². The Bertz CT molecular complexity index is 981. The molecule has 31 heavy (non-hydrogen) atoms. The van der Waals surface area contributed by atoms with Crippen molar-refractivity contribution in [2.75, 3.05) is 26.2 Å². The molecule has 1 aliphatic heterocycles. The van der Waals surface area contributed by atoms with Gasteiger partial charge in [0.2, 0.25) is 5.91 Å². The Morgan fingerprint density at radius 2 is 1.94 bits per heavy atom. The number of aromatic amines is 1. The van der Waals surface area contributed by atoms with Crippen LogP contribution in [0, 0.1) is 6.92 Å². The maximum absolute atomic E-state index is 12.9. The van der Waals surface area contributed by atoms with Crippen LogP contribution in [0.1, 0.15) is 52.7 Å². The number of H-pyrrole nitrogens is 1. The first-order valence-corrected chi connectivity index (χ1v) is 10.5. The first kappa shape index (κ1) is 22.3. The maximum Gasteiger partial charge on any atom is 0.340 e. The summed E-state index contributed by atoms with van der Waals surface area (Å²) in [7, 11) is 0. The lowest BCUT2D eigenvalue weighted by Crippen LogP contribution is -2.34. The number of hydrogen-bond acceptors (Lipinski definition) is 5. The summed E-state index contributed by atoms with van der Waals surface area (Å²) in [5.74, 6) is -1.94. The second-order valence-corrected chi connectivity index (χ2v) is 7.38. The highest BCUT2D eigenvalue weighted by atomic mass is 16.5. The number of Topliss-reactive ketones (excluding diaryl/α,β-unsaturated/α-hetero) is 1. The van der Waals surface area contributed by atoms with Crippen molar-refractivity contribution in [1.29, 1.82) is 0 Å². The molecular weight excluding hydrogens is 398 g/mol. The Balaban J connectivity index is 1.76. The van der Waals surface area contributed by atoms with Crippen molar-refractivity contribution >= 4 is 23.6 Å². The topological polar surface area (TPSA) is 109 Å². The van der Waals surface area contributed by atoms with Gasteiger partial charge in [-0.15, -0.1) is 0 Å². The summed E-state index contributed by atoms with van der Waals surface area (Å²) in [6.07, 6.45) is 2.00. The molecule has 164 valence electrons. The molecule has 1 aromatic carbocycles. The molecule has 0 aliphatic carbocycles. The van der Waals surface area contributed by atoms with Gasteiger partial charge in [0.05, 0.1) is 12.2 Å². The van der Waals surface area contributed by atoms with Crippen LogP contribution < -0.4 is 5.32 Å². The summed E-state index contributed by atoms with van der Waals surface area (Å²) in [4.78, 5) is 54.3. The van der Waals surface area contributed by atoms with Crippen LogP contribution in [-0.4, -0.2) is 59.7 Å². The zero-order valence-corrected chi connectivity index (χ0v) is 17.8. The van der Waals surface area contributed by atoms with Gasteiger partial charge in [-0.1, -0.05) is 30.3 Å². The minimum Gasteiger partial charge on any atom is -0.462 e. The molecule has 0 spiro atoms. The van der Waals surface area contributed by atoms with Crippen LogP contribution in [0.4, 0.5) is 0 Å². The first-order chi connectivity index (χ1) is 14.9. The summed E-state index contributed by atoms with van der Waals surface area (Å²) >= 11 is 0. The molecule has 1 aromatic heterocycles. The number of hydrogen-bond donors (Lipinski definition) is 2. The number of carbonyl (C=O) groups excluding carboxylic acids is 4. The largest absolute Gasteiger partial charge is 0.462 e. The zero-order chi connectivity index (χ0) is 22.4. The average molecular weight is 425 g/mol. The Hall–Kier alpha value is -3.42. The molecule has 8 nitrogen and oxygen atoms in total. The number of benzene rings is 1. The molecule has 2 N–H and O–H groups in total. The molecule has 0 radical (unpaired) electrons. The molecule has 0 atom stereocenters. The summed E-state index contributed by atoms with van der Waals surface area (Å²) in [5, 5.41) is 2.62. The van der Waals surface area contributed by atoms with Crippen LogP contribution in [0.15, 0.2) is 30.3 Å². The van der Waals surface area contributed by atoms with Gasteiger partial charge in [-0.25, -0.2) is 4.79 Å². The molecule has 1 fully saturated rings. The molecule has 1 aliphatic rings. The number of amides is 2. The fourth-order valence-corrected chi connectivity index (χ4v) is 3.75. The fourth-order valence-electron chi connectivity index (χ4n) is 3.75. The number of carbonyl (C=O) groups is 4. The van der Waals surface area contributed by atoms with Crippen molar-refractivity contribution in [1.82, 2.24) is 15.2 Å². The SMILES string of the molecule is CCOC(=O)c1c(C)[nH]c(C(=O)C(=O)NCCCN2CCCC2=O)c1-c1ccccc1. The third-order valence-corrected chi connectivity index (χ3v) is 5.22. The van der Waals surface area contributed by atoms with Crippen molar-refractivity contribution < 1.29 is 23.9 Å². The molecular formula is C23H27N3O5. The predicted octanol–water partition coefficient (Wildman–Crippen LogP) is 2.48. The molecule has 3 rings (SSSR count). The van der Waals surface area contributed by atoms with Gasteiger partial charge in [-0.3, -0.25) is 14.4 Å².